The fourth-order valence-corrected chi connectivity index (χ4v) is 10.5. The second-order valence-electron chi connectivity index (χ2n) is 11.3. The van der Waals surface area contributed by atoms with E-state index in [2.05, 4.69) is 27.7 Å². The summed E-state index contributed by atoms with van der Waals surface area (Å²) in [6, 6.07) is 0. The molecule has 1 radical (unpaired) electrons. The van der Waals surface area contributed by atoms with Gasteiger partial charge in [0.1, 0.15) is 0 Å². The van der Waals surface area contributed by atoms with E-state index in [0.29, 0.717) is 0 Å². The van der Waals surface area contributed by atoms with Crippen molar-refractivity contribution in [1.82, 2.24) is 0 Å². The molecule has 2 heteroatoms. The van der Waals surface area contributed by atoms with Crippen LogP contribution in [0.2, 0.25) is 0 Å². The quantitative estimate of drug-likeness (QED) is 0.0711. The van der Waals surface area contributed by atoms with E-state index >= 15 is 0 Å². The van der Waals surface area contributed by atoms with Gasteiger partial charge in [0, 0.05) is 0 Å². The number of unbranched alkanes of at least 4 members (excludes halogenated alkanes) is 20. The van der Waals surface area contributed by atoms with Crippen LogP contribution >= 0.6 is 19.7 Å². The summed E-state index contributed by atoms with van der Waals surface area (Å²) in [5, 5.41) is 0. The molecule has 0 aliphatic rings. The maximum atomic E-state index is 2.37. The number of rotatable bonds is 28. The normalized spacial score (nSPS) is 11.6. The van der Waals surface area contributed by atoms with Crippen molar-refractivity contribution in [3.63, 3.8) is 0 Å². The summed E-state index contributed by atoms with van der Waals surface area (Å²) in [5.41, 5.74) is 0. The smallest absolute Gasteiger partial charge is 0.0359 e. The lowest BCUT2D eigenvalue weighted by Crippen LogP contribution is -2.13. The maximum Gasteiger partial charge on any atom is -0.0359 e. The average molecular weight is 520 g/mol. The Morgan fingerprint density at radius 3 is 0.676 bits per heavy atom. The van der Waals surface area contributed by atoms with E-state index in [1.165, 1.54) is 128 Å². The monoisotopic (exact) mass is 519 g/mol. The van der Waals surface area contributed by atoms with Gasteiger partial charge in [0.05, 0.1) is 0 Å². The molecule has 0 N–H and O–H groups in total. The highest BCUT2D eigenvalue weighted by Gasteiger charge is 2.25. The van der Waals surface area contributed by atoms with Gasteiger partial charge in [-0.1, -0.05) is 156 Å². The van der Waals surface area contributed by atoms with Crippen molar-refractivity contribution in [2.75, 3.05) is 24.6 Å². The highest BCUT2D eigenvalue weighted by atomic mass is 35.5. The number of hydrogen-bond acceptors (Lipinski definition) is 0. The first-order valence-electron chi connectivity index (χ1n) is 16.1. The van der Waals surface area contributed by atoms with Gasteiger partial charge < -0.3 is 0 Å². The van der Waals surface area contributed by atoms with Crippen LogP contribution in [0.5, 0.6) is 0 Å². The molecule has 209 valence electrons. The Morgan fingerprint density at radius 2 is 0.441 bits per heavy atom. The van der Waals surface area contributed by atoms with Crippen LogP contribution < -0.4 is 0 Å². The Kier molecular flexibility index (Phi) is 32.5. The van der Waals surface area contributed by atoms with E-state index in [1.807, 2.05) is 0 Å². The summed E-state index contributed by atoms with van der Waals surface area (Å²) in [5.74, 6) is 0. The fraction of sp³-hybridized carbons (Fsp3) is 1.00. The Hall–Kier alpha value is 0.720. The summed E-state index contributed by atoms with van der Waals surface area (Å²) in [6.45, 7) is 9.41. The second-order valence-corrected chi connectivity index (χ2v) is 15.8. The van der Waals surface area contributed by atoms with Crippen LogP contribution in [0.25, 0.3) is 0 Å². The van der Waals surface area contributed by atoms with Gasteiger partial charge in [0.15, 0.2) is 0 Å². The summed E-state index contributed by atoms with van der Waals surface area (Å²) >= 11 is 0. The molecule has 0 amide bonds. The largest absolute Gasteiger partial charge is 0.147 e. The molecule has 0 spiro atoms. The van der Waals surface area contributed by atoms with E-state index in [0.717, 1.165) is 0 Å². The zero-order valence-electron chi connectivity index (χ0n) is 24.7. The van der Waals surface area contributed by atoms with Crippen LogP contribution in [0.4, 0.5) is 0 Å². The zero-order valence-corrected chi connectivity index (χ0v) is 26.4. The topological polar surface area (TPSA) is 0 Å². The Labute approximate surface area is 225 Å². The van der Waals surface area contributed by atoms with E-state index in [1.54, 1.807) is 50.3 Å². The van der Waals surface area contributed by atoms with E-state index in [-0.39, 0.29) is 12.4 Å². The lowest BCUT2D eigenvalue weighted by molar-refractivity contribution is 0.548. The molecule has 0 aromatic heterocycles. The lowest BCUT2D eigenvalue weighted by atomic mass is 10.1. The molecule has 0 aliphatic carbocycles. The van der Waals surface area contributed by atoms with Gasteiger partial charge in [-0.05, 0) is 50.3 Å². The maximum absolute atomic E-state index is 2.37. The Balaban J connectivity index is 0. The third-order valence-electron chi connectivity index (χ3n) is 7.94. The van der Waals surface area contributed by atoms with Crippen LogP contribution in [-0.2, 0) is 0 Å². The minimum atomic E-state index is -0.697. The Bertz CT molecular complexity index is 326. The summed E-state index contributed by atoms with van der Waals surface area (Å²) in [7, 11) is -0.697. The third kappa shape index (κ3) is 24.4. The van der Waals surface area contributed by atoms with Crippen LogP contribution in [0.15, 0.2) is 0 Å². The van der Waals surface area contributed by atoms with Crippen molar-refractivity contribution in [3.8, 4) is 0 Å². The molecule has 0 aliphatic heterocycles. The first kappa shape index (κ1) is 36.9. The van der Waals surface area contributed by atoms with Gasteiger partial charge in [-0.15, -0.1) is 19.7 Å². The zero-order chi connectivity index (χ0) is 24.3. The molecule has 0 saturated heterocycles. The van der Waals surface area contributed by atoms with Gasteiger partial charge in [-0.25, -0.2) is 0 Å². The van der Waals surface area contributed by atoms with E-state index in [9.17, 15) is 0 Å². The van der Waals surface area contributed by atoms with Crippen molar-refractivity contribution in [3.05, 3.63) is 0 Å². The molecular weight excluding hydrogens is 451 g/mol. The Morgan fingerprint density at radius 1 is 0.265 bits per heavy atom. The van der Waals surface area contributed by atoms with E-state index in [4.69, 9.17) is 0 Å². The molecule has 0 rings (SSSR count). The van der Waals surface area contributed by atoms with Gasteiger partial charge >= 0.3 is 0 Å². The standard InChI is InChI=1S/C32H68P.ClH/c1-5-9-13-17-18-19-20-21-22-23-24-28-32-33(29-25-14-10-6-2,30-26-15-11-7-3)31-27-16-12-8-4;/h5-32H2,1-4H3;1H. The van der Waals surface area contributed by atoms with Crippen molar-refractivity contribution >= 4 is 19.7 Å². The number of halogens is 1. The van der Waals surface area contributed by atoms with Crippen molar-refractivity contribution in [1.29, 1.82) is 0 Å². The molecule has 0 fully saturated rings. The molecule has 0 unspecified atom stereocenters. The summed E-state index contributed by atoms with van der Waals surface area (Å²) in [4.78, 5) is 0. The summed E-state index contributed by atoms with van der Waals surface area (Å²) < 4.78 is 0. The minimum Gasteiger partial charge on any atom is -0.147 e. The molecule has 0 saturated carbocycles. The summed E-state index contributed by atoms with van der Waals surface area (Å²) in [6.07, 6.45) is 42.1. The van der Waals surface area contributed by atoms with Crippen molar-refractivity contribution < 1.29 is 0 Å². The highest BCUT2D eigenvalue weighted by molar-refractivity contribution is 7.75. The second kappa shape index (κ2) is 29.9. The molecule has 0 nitrogen and oxygen atoms in total. The van der Waals surface area contributed by atoms with Crippen molar-refractivity contribution in [2.45, 2.75) is 182 Å². The molecule has 0 aromatic carbocycles. The molecule has 0 bridgehead atoms. The van der Waals surface area contributed by atoms with Crippen LogP contribution in [0.1, 0.15) is 182 Å². The minimum absolute atomic E-state index is 0. The predicted molar refractivity (Wildman–Crippen MR) is 167 cm³/mol. The number of hydrogen-bond donors (Lipinski definition) is 0. The third-order valence-corrected chi connectivity index (χ3v) is 13.0. The van der Waals surface area contributed by atoms with Gasteiger partial charge in [0.2, 0.25) is 0 Å². The lowest BCUT2D eigenvalue weighted by Gasteiger charge is -2.38. The first-order chi connectivity index (χ1) is 16.2. The molecule has 0 heterocycles. The fourth-order valence-electron chi connectivity index (χ4n) is 5.58. The van der Waals surface area contributed by atoms with E-state index < -0.39 is 7.26 Å². The SMILES string of the molecule is CCCCCCCCCCCCCC[P](CCCCCC)(CCCCCC)CCCCCC.Cl. The van der Waals surface area contributed by atoms with Gasteiger partial charge in [0.25, 0.3) is 0 Å². The van der Waals surface area contributed by atoms with Gasteiger partial charge in [-0.3, -0.25) is 0 Å². The van der Waals surface area contributed by atoms with Crippen molar-refractivity contribution in [2.24, 2.45) is 0 Å². The molecular formula is C32H69ClP. The average Bonchev–Trinajstić information content (AvgIpc) is 2.83. The molecule has 34 heavy (non-hydrogen) atoms. The van der Waals surface area contributed by atoms with Crippen LogP contribution in [-0.4, -0.2) is 24.6 Å². The van der Waals surface area contributed by atoms with Gasteiger partial charge in [-0.2, -0.15) is 0 Å². The molecule has 0 atom stereocenters. The predicted octanol–water partition coefficient (Wildman–Crippen LogP) is 12.9. The van der Waals surface area contributed by atoms with Crippen LogP contribution in [0, 0.1) is 0 Å². The first-order valence-corrected chi connectivity index (χ1v) is 18.6. The van der Waals surface area contributed by atoms with Crippen LogP contribution in [0.3, 0.4) is 0 Å². The molecule has 0 aromatic rings. The highest BCUT2D eigenvalue weighted by Crippen LogP contribution is 2.61.